The Balaban J connectivity index is 2.01. The SMILES string of the molecule is CC(Sc1nnnn1C(C)(C)C)C(=O)N(C)C1CCCCC1. The van der Waals surface area contributed by atoms with Gasteiger partial charge in [0.2, 0.25) is 11.1 Å². The largest absolute Gasteiger partial charge is 0.342 e. The molecule has 1 atom stereocenters. The van der Waals surface area contributed by atoms with Crippen LogP contribution in [0.3, 0.4) is 0 Å². The van der Waals surface area contributed by atoms with Crippen LogP contribution in [0.15, 0.2) is 5.16 Å². The zero-order valence-corrected chi connectivity index (χ0v) is 15.1. The molecule has 1 aliphatic rings. The van der Waals surface area contributed by atoms with Crippen molar-refractivity contribution in [3.05, 3.63) is 0 Å². The van der Waals surface area contributed by atoms with Crippen LogP contribution in [-0.2, 0) is 10.3 Å². The highest BCUT2D eigenvalue weighted by Gasteiger charge is 2.28. The lowest BCUT2D eigenvalue weighted by atomic mass is 9.94. The maximum Gasteiger partial charge on any atom is 0.235 e. The van der Waals surface area contributed by atoms with Crippen LogP contribution in [0.2, 0.25) is 0 Å². The van der Waals surface area contributed by atoms with Crippen molar-refractivity contribution in [2.45, 2.75) is 81.8 Å². The van der Waals surface area contributed by atoms with E-state index in [1.54, 1.807) is 4.68 Å². The van der Waals surface area contributed by atoms with E-state index in [2.05, 4.69) is 15.5 Å². The minimum Gasteiger partial charge on any atom is -0.342 e. The first-order valence-corrected chi connectivity index (χ1v) is 8.91. The van der Waals surface area contributed by atoms with Gasteiger partial charge in [0, 0.05) is 13.1 Å². The van der Waals surface area contributed by atoms with E-state index in [9.17, 15) is 4.79 Å². The molecule has 6 nitrogen and oxygen atoms in total. The van der Waals surface area contributed by atoms with Gasteiger partial charge in [0.05, 0.1) is 10.8 Å². The summed E-state index contributed by atoms with van der Waals surface area (Å²) in [6.07, 6.45) is 6.00. The third-order valence-electron chi connectivity index (χ3n) is 4.18. The average molecular weight is 325 g/mol. The minimum atomic E-state index is -0.191. The summed E-state index contributed by atoms with van der Waals surface area (Å²) in [6.45, 7) is 8.09. The Morgan fingerprint density at radius 2 is 1.95 bits per heavy atom. The monoisotopic (exact) mass is 325 g/mol. The average Bonchev–Trinajstić information content (AvgIpc) is 2.95. The quantitative estimate of drug-likeness (QED) is 0.796. The molecule has 0 aromatic carbocycles. The third-order valence-corrected chi connectivity index (χ3v) is 5.20. The Bertz CT molecular complexity index is 504. The predicted octanol–water partition coefficient (Wildman–Crippen LogP) is 2.70. The molecular formula is C15H27N5OS. The van der Waals surface area contributed by atoms with Gasteiger partial charge in [-0.2, -0.15) is 0 Å². The summed E-state index contributed by atoms with van der Waals surface area (Å²) in [5.41, 5.74) is -0.191. The fraction of sp³-hybridized carbons (Fsp3) is 0.867. The lowest BCUT2D eigenvalue weighted by Crippen LogP contribution is -2.42. The molecule has 124 valence electrons. The van der Waals surface area contributed by atoms with Gasteiger partial charge in [-0.25, -0.2) is 4.68 Å². The Labute approximate surface area is 137 Å². The van der Waals surface area contributed by atoms with Crippen LogP contribution in [0.4, 0.5) is 0 Å². The second kappa shape index (κ2) is 6.98. The summed E-state index contributed by atoms with van der Waals surface area (Å²) < 4.78 is 1.78. The topological polar surface area (TPSA) is 63.9 Å². The van der Waals surface area contributed by atoms with Crippen LogP contribution < -0.4 is 0 Å². The molecule has 1 unspecified atom stereocenters. The van der Waals surface area contributed by atoms with Crippen molar-refractivity contribution in [2.24, 2.45) is 0 Å². The Kier molecular flexibility index (Phi) is 5.47. The summed E-state index contributed by atoms with van der Waals surface area (Å²) in [5, 5.41) is 12.4. The van der Waals surface area contributed by atoms with Gasteiger partial charge in [-0.3, -0.25) is 4.79 Å². The van der Waals surface area contributed by atoms with Crippen LogP contribution in [0, 0.1) is 0 Å². The first kappa shape index (κ1) is 17.2. The third kappa shape index (κ3) is 4.00. The molecule has 1 aromatic heterocycles. The van der Waals surface area contributed by atoms with Crippen LogP contribution in [0.25, 0.3) is 0 Å². The van der Waals surface area contributed by atoms with E-state index >= 15 is 0 Å². The van der Waals surface area contributed by atoms with E-state index < -0.39 is 0 Å². The number of nitrogens with zero attached hydrogens (tertiary/aromatic N) is 5. The number of rotatable bonds is 4. The van der Waals surface area contributed by atoms with Crippen molar-refractivity contribution < 1.29 is 4.79 Å². The molecule has 2 rings (SSSR count). The van der Waals surface area contributed by atoms with E-state index in [4.69, 9.17) is 0 Å². The molecule has 1 saturated carbocycles. The molecule has 22 heavy (non-hydrogen) atoms. The van der Waals surface area contributed by atoms with E-state index in [0.29, 0.717) is 11.2 Å². The highest BCUT2D eigenvalue weighted by molar-refractivity contribution is 8.00. The van der Waals surface area contributed by atoms with Crippen molar-refractivity contribution in [3.63, 3.8) is 0 Å². The zero-order valence-electron chi connectivity index (χ0n) is 14.2. The van der Waals surface area contributed by atoms with Crippen molar-refractivity contribution in [1.82, 2.24) is 25.1 Å². The lowest BCUT2D eigenvalue weighted by molar-refractivity contribution is -0.131. The van der Waals surface area contributed by atoms with E-state index in [-0.39, 0.29) is 16.7 Å². The van der Waals surface area contributed by atoms with E-state index in [1.165, 1.54) is 31.0 Å². The summed E-state index contributed by atoms with van der Waals surface area (Å²) in [7, 11) is 1.93. The molecule has 0 bridgehead atoms. The maximum absolute atomic E-state index is 12.7. The summed E-state index contributed by atoms with van der Waals surface area (Å²) in [4.78, 5) is 14.6. The van der Waals surface area contributed by atoms with E-state index in [1.807, 2.05) is 39.6 Å². The number of carbonyl (C=O) groups is 1. The molecule has 0 saturated heterocycles. The van der Waals surface area contributed by atoms with Crippen LogP contribution in [-0.4, -0.2) is 49.4 Å². The number of carbonyl (C=O) groups excluding carboxylic acids is 1. The molecule has 1 aromatic rings. The molecule has 1 fully saturated rings. The number of thioether (sulfide) groups is 1. The number of amides is 1. The van der Waals surface area contributed by atoms with Gasteiger partial charge in [0.15, 0.2) is 0 Å². The van der Waals surface area contributed by atoms with Gasteiger partial charge in [0.25, 0.3) is 0 Å². The molecule has 0 spiro atoms. The number of aromatic nitrogens is 4. The first-order valence-electron chi connectivity index (χ1n) is 8.03. The number of tetrazole rings is 1. The van der Waals surface area contributed by atoms with E-state index in [0.717, 1.165) is 12.8 Å². The molecule has 7 heteroatoms. The summed E-state index contributed by atoms with van der Waals surface area (Å²) in [5.74, 6) is 0.167. The van der Waals surface area contributed by atoms with Gasteiger partial charge < -0.3 is 4.90 Å². The smallest absolute Gasteiger partial charge is 0.235 e. The van der Waals surface area contributed by atoms with Gasteiger partial charge in [-0.1, -0.05) is 31.0 Å². The number of hydrogen-bond acceptors (Lipinski definition) is 5. The summed E-state index contributed by atoms with van der Waals surface area (Å²) >= 11 is 1.44. The fourth-order valence-electron chi connectivity index (χ4n) is 2.82. The van der Waals surface area contributed by atoms with Gasteiger partial charge in [-0.15, -0.1) is 5.10 Å². The molecule has 1 aliphatic carbocycles. The zero-order chi connectivity index (χ0) is 16.3. The van der Waals surface area contributed by atoms with Crippen molar-refractivity contribution >= 4 is 17.7 Å². The van der Waals surface area contributed by atoms with Crippen molar-refractivity contribution in [1.29, 1.82) is 0 Å². The second-order valence-corrected chi connectivity index (χ2v) is 8.35. The van der Waals surface area contributed by atoms with Crippen LogP contribution >= 0.6 is 11.8 Å². The highest BCUT2D eigenvalue weighted by Crippen LogP contribution is 2.28. The van der Waals surface area contributed by atoms with Crippen molar-refractivity contribution in [2.75, 3.05) is 7.05 Å². The maximum atomic E-state index is 12.7. The van der Waals surface area contributed by atoms with Crippen molar-refractivity contribution in [3.8, 4) is 0 Å². The second-order valence-electron chi connectivity index (χ2n) is 7.05. The fourth-order valence-corrected chi connectivity index (χ4v) is 3.89. The molecular weight excluding hydrogens is 298 g/mol. The van der Waals surface area contributed by atoms with Crippen LogP contribution in [0.1, 0.15) is 59.8 Å². The van der Waals surface area contributed by atoms with Crippen LogP contribution in [0.5, 0.6) is 0 Å². The van der Waals surface area contributed by atoms with Gasteiger partial charge >= 0.3 is 0 Å². The Hall–Kier alpha value is -1.11. The highest BCUT2D eigenvalue weighted by atomic mass is 32.2. The minimum absolute atomic E-state index is 0.167. The first-order chi connectivity index (χ1) is 10.3. The summed E-state index contributed by atoms with van der Waals surface area (Å²) in [6, 6.07) is 0.392. The molecule has 0 N–H and O–H groups in total. The Morgan fingerprint density at radius 1 is 1.32 bits per heavy atom. The molecule has 1 heterocycles. The van der Waals surface area contributed by atoms with Gasteiger partial charge in [-0.05, 0) is 51.0 Å². The normalized spacial score (nSPS) is 18.2. The van der Waals surface area contributed by atoms with Gasteiger partial charge in [0.1, 0.15) is 0 Å². The molecule has 1 amide bonds. The standard InChI is InChI=1S/C15H27N5OS/c1-11(13(21)19(5)12-9-7-6-8-10-12)22-14-16-17-18-20(14)15(2,3)4/h11-12H,6-10H2,1-5H3. The predicted molar refractivity (Wildman–Crippen MR) is 87.8 cm³/mol. The molecule has 0 aliphatic heterocycles. The Morgan fingerprint density at radius 3 is 2.55 bits per heavy atom. The lowest BCUT2D eigenvalue weighted by Gasteiger charge is -2.32. The molecule has 0 radical (unpaired) electrons. The number of hydrogen-bond donors (Lipinski definition) is 0.